The number of aromatic nitrogens is 3. The van der Waals surface area contributed by atoms with Crippen molar-refractivity contribution in [3.63, 3.8) is 0 Å². The van der Waals surface area contributed by atoms with Gasteiger partial charge >= 0.3 is 0 Å². The van der Waals surface area contributed by atoms with Gasteiger partial charge in [-0.3, -0.25) is 9.97 Å². The topological polar surface area (TPSA) is 56.5 Å². The first-order valence-electron chi connectivity index (χ1n) is 24.5. The summed E-state index contributed by atoms with van der Waals surface area (Å²) in [6.45, 7) is 0. The van der Waals surface area contributed by atoms with Gasteiger partial charge in [0.05, 0.1) is 28.9 Å². The predicted octanol–water partition coefficient (Wildman–Crippen LogP) is 15.5. The molecule has 308 valence electrons. The van der Waals surface area contributed by atoms with Gasteiger partial charge in [0.25, 0.3) is 0 Å². The first-order chi connectivity index (χ1) is 31.6. The van der Waals surface area contributed by atoms with Crippen molar-refractivity contribution in [2.75, 3.05) is 0 Å². The van der Waals surface area contributed by atoms with Crippen LogP contribution < -0.4 is 0 Å². The lowest BCUT2D eigenvalue weighted by Gasteiger charge is -2.48. The molecule has 7 atom stereocenters. The van der Waals surface area contributed by atoms with E-state index < -0.39 is 0 Å². The van der Waals surface area contributed by atoms with Crippen LogP contribution in [0.4, 0.5) is 0 Å². The fraction of sp³-hybridized carbons (Fsp3) is 0.322. The third kappa shape index (κ3) is 3.74. The molecule has 6 aromatic heterocycles. The molecule has 6 heterocycles. The summed E-state index contributed by atoms with van der Waals surface area (Å²) in [6.07, 6.45) is 17.9. The summed E-state index contributed by atoms with van der Waals surface area (Å²) in [4.78, 5) is 11.3. The zero-order valence-corrected chi connectivity index (χ0v) is 35.7. The molecule has 0 radical (unpaired) electrons. The second-order valence-corrected chi connectivity index (χ2v) is 22.0. The van der Waals surface area contributed by atoms with Crippen LogP contribution >= 0.6 is 0 Å². The van der Waals surface area contributed by atoms with E-state index in [2.05, 4.69) is 108 Å². The summed E-state index contributed by atoms with van der Waals surface area (Å²) < 4.78 is 16.7. The number of benzene rings is 5. The molecule has 0 saturated heterocycles. The highest BCUT2D eigenvalue weighted by molar-refractivity contribution is 6.33. The molecular weight excluding hydrogens is 783 g/mol. The number of nitrogens with zero attached hydrogens (tertiary/aromatic N) is 3. The number of furan rings is 2. The van der Waals surface area contributed by atoms with Gasteiger partial charge in [-0.1, -0.05) is 72.8 Å². The van der Waals surface area contributed by atoms with Gasteiger partial charge in [-0.2, -0.15) is 0 Å². The standard InChI is InChI=1S/C59H45N3O2/c1-3-13-46-36(7-1)38-9-5-11-40(57(38)63-46)42-23-43(41-12-6-10-39-37-8-2-4-14-47(37)64-58(39)41)51-53-45(27-61-55-33-21-35-22-34-20-32(49(53)55)24-59(34,35)25-33)62-44-26-60-54-31-18-28-15-29(19-31)17-30(16-28)48(54)52(44)50(42)56(51)62/h1-14,23,26-35H,15-22,24-25H2. The molecule has 11 aromatic rings. The van der Waals surface area contributed by atoms with Crippen molar-refractivity contribution in [3.8, 4) is 22.3 Å². The quantitative estimate of drug-likeness (QED) is 0.174. The van der Waals surface area contributed by atoms with E-state index in [9.17, 15) is 0 Å². The molecule has 19 rings (SSSR count). The molecule has 8 aliphatic carbocycles. The van der Waals surface area contributed by atoms with Gasteiger partial charge in [0.1, 0.15) is 22.3 Å². The van der Waals surface area contributed by atoms with Gasteiger partial charge in [-0.15, -0.1) is 0 Å². The van der Waals surface area contributed by atoms with Crippen molar-refractivity contribution in [1.29, 1.82) is 0 Å². The van der Waals surface area contributed by atoms with Crippen molar-refractivity contribution in [2.24, 2.45) is 29.1 Å². The lowest BCUT2D eigenvalue weighted by atomic mass is 9.56. The molecule has 7 unspecified atom stereocenters. The maximum Gasteiger partial charge on any atom is 0.143 e. The molecule has 5 nitrogen and oxygen atoms in total. The van der Waals surface area contributed by atoms with Crippen LogP contribution in [-0.4, -0.2) is 14.4 Å². The summed E-state index contributed by atoms with van der Waals surface area (Å²) >= 11 is 0. The number of hydrogen-bond donors (Lipinski definition) is 0. The van der Waals surface area contributed by atoms with Gasteiger partial charge < -0.3 is 13.2 Å². The van der Waals surface area contributed by atoms with Gasteiger partial charge in [0, 0.05) is 77.4 Å². The third-order valence-corrected chi connectivity index (χ3v) is 19.5. The number of pyridine rings is 2. The van der Waals surface area contributed by atoms with E-state index in [1.54, 1.807) is 11.1 Å². The molecule has 5 heteroatoms. The molecule has 5 fully saturated rings. The monoisotopic (exact) mass is 827 g/mol. The highest BCUT2D eigenvalue weighted by atomic mass is 16.3. The molecule has 5 aromatic carbocycles. The van der Waals surface area contributed by atoms with Crippen LogP contribution in [0.3, 0.4) is 0 Å². The Morgan fingerprint density at radius 2 is 1.00 bits per heavy atom. The largest absolute Gasteiger partial charge is 0.455 e. The van der Waals surface area contributed by atoms with E-state index >= 15 is 0 Å². The normalized spacial score (nSPS) is 29.6. The average Bonchev–Trinajstić information content (AvgIpc) is 4.14. The fourth-order valence-electron chi connectivity index (χ4n) is 17.4. The maximum atomic E-state index is 7.01. The van der Waals surface area contributed by atoms with E-state index in [0.717, 1.165) is 57.1 Å². The molecule has 1 spiro atoms. The van der Waals surface area contributed by atoms with Crippen molar-refractivity contribution in [3.05, 3.63) is 126 Å². The van der Waals surface area contributed by atoms with Crippen LogP contribution in [0.2, 0.25) is 0 Å². The molecule has 0 aliphatic heterocycles. The Hall–Kier alpha value is -6.20. The second-order valence-electron chi connectivity index (χ2n) is 22.0. The summed E-state index contributed by atoms with van der Waals surface area (Å²) in [5.41, 5.74) is 19.0. The van der Waals surface area contributed by atoms with Gasteiger partial charge in [0.15, 0.2) is 0 Å². The van der Waals surface area contributed by atoms with E-state index in [-0.39, 0.29) is 0 Å². The molecular formula is C59H45N3O2. The number of para-hydroxylation sites is 4. The van der Waals surface area contributed by atoms with E-state index in [1.165, 1.54) is 146 Å². The number of rotatable bonds is 2. The van der Waals surface area contributed by atoms with Crippen LogP contribution in [0.1, 0.15) is 110 Å². The Bertz CT molecular complexity index is 3940. The summed E-state index contributed by atoms with van der Waals surface area (Å²) in [6, 6.07) is 33.5. The highest BCUT2D eigenvalue weighted by Crippen LogP contribution is 2.76. The van der Waals surface area contributed by atoms with E-state index in [4.69, 9.17) is 18.8 Å². The predicted molar refractivity (Wildman–Crippen MR) is 256 cm³/mol. The van der Waals surface area contributed by atoms with Crippen LogP contribution in [0.15, 0.2) is 112 Å². The average molecular weight is 828 g/mol. The molecule has 7 bridgehead atoms. The number of hydrogen-bond acceptors (Lipinski definition) is 4. The summed E-state index contributed by atoms with van der Waals surface area (Å²) in [5, 5.41) is 10.3. The SMILES string of the molecule is c1ccc2c(c1)oc1c(-c3cc(-c4cccc5c4oc4ccccc45)c4c5c6c(ncc5n5c7cnc8c(c7c3c45)C3CC4CC(CC8C4)C3)C3CC4CC5CC6CC45C3)cccc12. The Morgan fingerprint density at radius 3 is 1.64 bits per heavy atom. The molecule has 64 heavy (non-hydrogen) atoms. The smallest absolute Gasteiger partial charge is 0.143 e. The third-order valence-electron chi connectivity index (χ3n) is 19.5. The zero-order valence-electron chi connectivity index (χ0n) is 35.7. The highest BCUT2D eigenvalue weighted by Gasteiger charge is 2.66. The molecule has 0 N–H and O–H groups in total. The Kier molecular flexibility index (Phi) is 5.73. The Morgan fingerprint density at radius 1 is 0.469 bits per heavy atom. The van der Waals surface area contributed by atoms with Crippen LogP contribution in [0, 0.1) is 29.1 Å². The first-order valence-corrected chi connectivity index (χ1v) is 24.5. The lowest BCUT2D eigenvalue weighted by Crippen LogP contribution is -2.41. The van der Waals surface area contributed by atoms with Crippen LogP contribution in [0.5, 0.6) is 0 Å². The van der Waals surface area contributed by atoms with Crippen LogP contribution in [0.25, 0.3) is 104 Å². The first kappa shape index (κ1) is 33.3. The fourth-order valence-corrected chi connectivity index (χ4v) is 17.4. The van der Waals surface area contributed by atoms with Crippen LogP contribution in [-0.2, 0) is 0 Å². The summed E-state index contributed by atoms with van der Waals surface area (Å²) in [5.74, 6) is 5.56. The van der Waals surface area contributed by atoms with Gasteiger partial charge in [-0.25, -0.2) is 0 Å². The molecule has 8 aliphatic rings. The summed E-state index contributed by atoms with van der Waals surface area (Å²) in [7, 11) is 0. The van der Waals surface area contributed by atoms with Crippen molar-refractivity contribution in [1.82, 2.24) is 14.4 Å². The zero-order chi connectivity index (χ0) is 40.9. The number of fused-ring (bicyclic) bond motifs is 18. The molecule has 0 amide bonds. The minimum atomic E-state index is 0.532. The Balaban J connectivity index is 1.08. The Labute approximate surface area is 368 Å². The van der Waals surface area contributed by atoms with E-state index in [0.29, 0.717) is 29.1 Å². The van der Waals surface area contributed by atoms with Crippen molar-refractivity contribution in [2.45, 2.75) is 87.9 Å². The lowest BCUT2D eigenvalue weighted by molar-refractivity contribution is 0.00321. The second kappa shape index (κ2) is 11.0. The van der Waals surface area contributed by atoms with Crippen molar-refractivity contribution >= 4 is 82.0 Å². The van der Waals surface area contributed by atoms with Crippen molar-refractivity contribution < 1.29 is 8.83 Å². The maximum absolute atomic E-state index is 7.01. The van der Waals surface area contributed by atoms with E-state index in [1.807, 2.05) is 0 Å². The van der Waals surface area contributed by atoms with Gasteiger partial charge in [-0.05, 0) is 146 Å². The molecule has 5 saturated carbocycles. The van der Waals surface area contributed by atoms with Gasteiger partial charge in [0.2, 0.25) is 0 Å². The minimum Gasteiger partial charge on any atom is -0.455 e. The minimum absolute atomic E-state index is 0.532.